The summed E-state index contributed by atoms with van der Waals surface area (Å²) in [6, 6.07) is 3.64. The summed E-state index contributed by atoms with van der Waals surface area (Å²) in [6.45, 7) is 1.82. The van der Waals surface area contributed by atoms with Gasteiger partial charge < -0.3 is 10.2 Å². The number of rotatable bonds is 3. The lowest BCUT2D eigenvalue weighted by Gasteiger charge is -2.16. The highest BCUT2D eigenvalue weighted by Crippen LogP contribution is 2.22. The van der Waals surface area contributed by atoms with Crippen molar-refractivity contribution < 1.29 is 8.78 Å². The van der Waals surface area contributed by atoms with Crippen molar-refractivity contribution in [1.82, 2.24) is 15.2 Å². The molecule has 0 radical (unpaired) electrons. The smallest absolute Gasteiger partial charge is 0.249 e. The number of halogens is 2. The first-order valence-corrected chi connectivity index (χ1v) is 6.40. The van der Waals surface area contributed by atoms with Gasteiger partial charge in [-0.15, -0.1) is 5.10 Å². The van der Waals surface area contributed by atoms with E-state index in [0.717, 1.165) is 25.9 Å². The van der Waals surface area contributed by atoms with Crippen LogP contribution in [0.3, 0.4) is 0 Å². The number of nitrogens with zero attached hydrogens (tertiary/aromatic N) is 4. The monoisotopic (exact) mass is 277 g/mol. The predicted molar refractivity (Wildman–Crippen MR) is 70.9 cm³/mol. The van der Waals surface area contributed by atoms with E-state index in [1.807, 2.05) is 0 Å². The molecule has 0 spiro atoms. The zero-order valence-electron chi connectivity index (χ0n) is 10.7. The Morgan fingerprint density at radius 2 is 1.80 bits per heavy atom. The van der Waals surface area contributed by atoms with Crippen molar-refractivity contribution in [1.29, 1.82) is 0 Å². The molecule has 0 atom stereocenters. The van der Waals surface area contributed by atoms with Crippen LogP contribution >= 0.6 is 0 Å². The van der Waals surface area contributed by atoms with Crippen LogP contribution in [0.4, 0.5) is 26.2 Å². The Bertz CT molecular complexity index is 593. The molecule has 0 aliphatic carbocycles. The highest BCUT2D eigenvalue weighted by atomic mass is 19.1. The first-order valence-electron chi connectivity index (χ1n) is 6.40. The van der Waals surface area contributed by atoms with Crippen molar-refractivity contribution in [3.63, 3.8) is 0 Å². The maximum Gasteiger partial charge on any atom is 0.249 e. The van der Waals surface area contributed by atoms with Crippen molar-refractivity contribution in [3.8, 4) is 0 Å². The topological polar surface area (TPSA) is 53.9 Å². The Morgan fingerprint density at radius 3 is 2.50 bits per heavy atom. The second kappa shape index (κ2) is 5.36. The van der Waals surface area contributed by atoms with Crippen molar-refractivity contribution in [2.24, 2.45) is 0 Å². The largest absolute Gasteiger partial charge is 0.355 e. The van der Waals surface area contributed by atoms with E-state index in [1.165, 1.54) is 18.2 Å². The highest BCUT2D eigenvalue weighted by Gasteiger charge is 2.16. The van der Waals surface area contributed by atoms with Crippen LogP contribution in [-0.2, 0) is 0 Å². The van der Waals surface area contributed by atoms with Gasteiger partial charge in [0.2, 0.25) is 5.95 Å². The molecule has 5 nitrogen and oxygen atoms in total. The van der Waals surface area contributed by atoms with E-state index in [9.17, 15) is 8.78 Å². The fraction of sp³-hybridized carbons (Fsp3) is 0.308. The van der Waals surface area contributed by atoms with E-state index in [1.54, 1.807) is 6.20 Å². The fourth-order valence-electron chi connectivity index (χ4n) is 2.18. The van der Waals surface area contributed by atoms with Crippen molar-refractivity contribution >= 4 is 17.5 Å². The van der Waals surface area contributed by atoms with Gasteiger partial charge in [-0.05, 0) is 25.0 Å². The lowest BCUT2D eigenvalue weighted by atomic mass is 10.3. The predicted octanol–water partition coefficient (Wildman–Crippen LogP) is 2.49. The maximum absolute atomic E-state index is 13.5. The van der Waals surface area contributed by atoms with E-state index < -0.39 is 11.6 Å². The van der Waals surface area contributed by atoms with Crippen molar-refractivity contribution in [3.05, 3.63) is 36.0 Å². The van der Waals surface area contributed by atoms with Crippen LogP contribution in [0.25, 0.3) is 0 Å². The molecule has 0 amide bonds. The fourth-order valence-corrected chi connectivity index (χ4v) is 2.18. The minimum atomic E-state index is -0.694. The minimum absolute atomic E-state index is 0.0819. The lowest BCUT2D eigenvalue weighted by Crippen LogP contribution is -2.20. The van der Waals surface area contributed by atoms with Crippen LogP contribution in [0.15, 0.2) is 24.4 Å². The molecule has 2 aromatic rings. The molecule has 104 valence electrons. The van der Waals surface area contributed by atoms with Crippen LogP contribution in [-0.4, -0.2) is 28.3 Å². The molecule has 1 aliphatic heterocycles. The normalized spacial score (nSPS) is 14.6. The van der Waals surface area contributed by atoms with Crippen LogP contribution in [0.1, 0.15) is 12.8 Å². The SMILES string of the molecule is Fc1cccc(F)c1Nc1nncc(N2CCCC2)n1. The molecule has 1 aromatic heterocycles. The van der Waals surface area contributed by atoms with E-state index in [4.69, 9.17) is 0 Å². The van der Waals surface area contributed by atoms with Gasteiger partial charge in [-0.1, -0.05) is 6.07 Å². The quantitative estimate of drug-likeness (QED) is 0.934. The Kier molecular flexibility index (Phi) is 3.41. The van der Waals surface area contributed by atoms with Crippen LogP contribution in [0, 0.1) is 11.6 Å². The zero-order chi connectivity index (χ0) is 13.9. The average molecular weight is 277 g/mol. The molecule has 2 heterocycles. The van der Waals surface area contributed by atoms with E-state index >= 15 is 0 Å². The Morgan fingerprint density at radius 1 is 1.10 bits per heavy atom. The molecule has 0 saturated carbocycles. The summed E-state index contributed by atoms with van der Waals surface area (Å²) in [7, 11) is 0. The van der Waals surface area contributed by atoms with Crippen LogP contribution in [0.2, 0.25) is 0 Å². The molecular formula is C13H13F2N5. The Balaban J connectivity index is 1.85. The number of aromatic nitrogens is 3. The van der Waals surface area contributed by atoms with Gasteiger partial charge in [0.15, 0.2) is 5.82 Å². The molecule has 3 rings (SSSR count). The van der Waals surface area contributed by atoms with Gasteiger partial charge in [-0.25, -0.2) is 8.78 Å². The van der Waals surface area contributed by atoms with E-state index in [-0.39, 0.29) is 11.6 Å². The lowest BCUT2D eigenvalue weighted by molar-refractivity contribution is 0.590. The number of nitrogens with one attached hydrogen (secondary N) is 1. The molecular weight excluding hydrogens is 264 g/mol. The van der Waals surface area contributed by atoms with E-state index in [2.05, 4.69) is 25.4 Å². The first kappa shape index (κ1) is 12.7. The van der Waals surface area contributed by atoms with Gasteiger partial charge in [0.1, 0.15) is 17.3 Å². The molecule has 7 heteroatoms. The number of hydrogen-bond donors (Lipinski definition) is 1. The molecule has 1 N–H and O–H groups in total. The summed E-state index contributed by atoms with van der Waals surface area (Å²) in [5.74, 6) is -0.643. The number of benzene rings is 1. The molecule has 1 aromatic carbocycles. The van der Waals surface area contributed by atoms with Gasteiger partial charge in [0.05, 0.1) is 6.20 Å². The zero-order valence-corrected chi connectivity index (χ0v) is 10.7. The first-order chi connectivity index (χ1) is 9.74. The molecule has 0 bridgehead atoms. The third-order valence-electron chi connectivity index (χ3n) is 3.18. The van der Waals surface area contributed by atoms with Crippen molar-refractivity contribution in [2.75, 3.05) is 23.3 Å². The summed E-state index contributed by atoms with van der Waals surface area (Å²) in [6.07, 6.45) is 3.76. The standard InChI is InChI=1S/C13H13F2N5/c14-9-4-3-5-10(15)12(9)18-13-17-11(8-16-19-13)20-6-1-2-7-20/h3-5,8H,1-2,6-7H2,(H,17,18,19). The number of anilines is 3. The van der Waals surface area contributed by atoms with Gasteiger partial charge in [-0.3, -0.25) is 0 Å². The maximum atomic E-state index is 13.5. The summed E-state index contributed by atoms with van der Waals surface area (Å²) >= 11 is 0. The molecule has 20 heavy (non-hydrogen) atoms. The van der Waals surface area contributed by atoms with Crippen LogP contribution in [0.5, 0.6) is 0 Å². The molecule has 1 saturated heterocycles. The Labute approximate surface area is 114 Å². The summed E-state index contributed by atoms with van der Waals surface area (Å²) in [5, 5.41) is 10.1. The second-order valence-electron chi connectivity index (χ2n) is 4.55. The third-order valence-corrected chi connectivity index (χ3v) is 3.18. The summed E-state index contributed by atoms with van der Waals surface area (Å²) in [4.78, 5) is 6.31. The summed E-state index contributed by atoms with van der Waals surface area (Å²) < 4.78 is 27.1. The Hall–Kier alpha value is -2.31. The van der Waals surface area contributed by atoms with Gasteiger partial charge in [0, 0.05) is 13.1 Å². The molecule has 0 unspecified atom stereocenters. The average Bonchev–Trinajstić information content (AvgIpc) is 2.98. The van der Waals surface area contributed by atoms with Gasteiger partial charge in [0.25, 0.3) is 0 Å². The van der Waals surface area contributed by atoms with Gasteiger partial charge in [-0.2, -0.15) is 10.1 Å². The van der Waals surface area contributed by atoms with E-state index in [0.29, 0.717) is 5.82 Å². The van der Waals surface area contributed by atoms with Crippen molar-refractivity contribution in [2.45, 2.75) is 12.8 Å². The molecule has 1 aliphatic rings. The molecule has 1 fully saturated rings. The minimum Gasteiger partial charge on any atom is -0.355 e. The second-order valence-corrected chi connectivity index (χ2v) is 4.55. The number of hydrogen-bond acceptors (Lipinski definition) is 5. The third kappa shape index (κ3) is 2.52. The summed E-state index contributed by atoms with van der Waals surface area (Å²) in [5.41, 5.74) is -0.270. The van der Waals surface area contributed by atoms with Gasteiger partial charge >= 0.3 is 0 Å². The van der Waals surface area contributed by atoms with Crippen LogP contribution < -0.4 is 10.2 Å². The highest BCUT2D eigenvalue weighted by molar-refractivity contribution is 5.56. The number of para-hydroxylation sites is 1.